The lowest BCUT2D eigenvalue weighted by molar-refractivity contribution is -0.125. The molecule has 1 spiro atoms. The highest BCUT2D eigenvalue weighted by atomic mass is 35.5. The molecule has 0 aliphatic carbocycles. The van der Waals surface area contributed by atoms with Crippen LogP contribution in [0.3, 0.4) is 0 Å². The quantitative estimate of drug-likeness (QED) is 0.586. The molecule has 0 bridgehead atoms. The molecule has 32 heavy (non-hydrogen) atoms. The largest absolute Gasteiger partial charge is 0.464 e. The van der Waals surface area contributed by atoms with E-state index >= 15 is 4.39 Å². The average Bonchev–Trinajstić information content (AvgIpc) is 3.20. The fraction of sp³-hybridized carbons (Fsp3) is 0.391. The molecule has 1 fully saturated rings. The molecule has 3 atom stereocenters. The zero-order chi connectivity index (χ0) is 23.4. The molecule has 0 radical (unpaired) electrons. The molecule has 170 valence electrons. The maximum Gasteiger partial charge on any atom is 0.418 e. The van der Waals surface area contributed by atoms with Gasteiger partial charge in [0.05, 0.1) is 16.8 Å². The van der Waals surface area contributed by atoms with Crippen LogP contribution in [0.25, 0.3) is 0 Å². The predicted molar refractivity (Wildman–Crippen MR) is 120 cm³/mol. The summed E-state index contributed by atoms with van der Waals surface area (Å²) in [4.78, 5) is 26.8. The average molecular weight is 481 g/mol. The first-order valence-electron chi connectivity index (χ1n) is 10.2. The minimum atomic E-state index is -1.44. The molecule has 0 saturated carbocycles. The van der Waals surface area contributed by atoms with Crippen LogP contribution in [-0.4, -0.2) is 35.4 Å². The highest BCUT2D eigenvalue weighted by molar-refractivity contribution is 6.32. The van der Waals surface area contributed by atoms with Crippen molar-refractivity contribution in [3.05, 3.63) is 63.4 Å². The van der Waals surface area contributed by atoms with Crippen molar-refractivity contribution in [2.45, 2.75) is 31.7 Å². The van der Waals surface area contributed by atoms with Gasteiger partial charge in [0.2, 0.25) is 5.91 Å². The van der Waals surface area contributed by atoms with E-state index in [0.717, 1.165) is 0 Å². The summed E-state index contributed by atoms with van der Waals surface area (Å²) in [5, 5.41) is 23.2. The number of amides is 2. The normalized spacial score (nSPS) is 24.9. The second-order valence-corrected chi connectivity index (χ2v) is 10.0. The topological polar surface area (TPSA) is 89.9 Å². The number of carbonyl (C=O) groups excluding carboxylic acids is 1. The van der Waals surface area contributed by atoms with E-state index in [2.05, 4.69) is 5.32 Å². The van der Waals surface area contributed by atoms with E-state index in [4.69, 9.17) is 23.2 Å². The van der Waals surface area contributed by atoms with Gasteiger partial charge in [0.15, 0.2) is 0 Å². The van der Waals surface area contributed by atoms with Crippen LogP contribution < -0.4 is 10.2 Å². The molecular formula is C23H23Cl2FN2O4. The Labute approximate surface area is 194 Å². The van der Waals surface area contributed by atoms with Crippen molar-refractivity contribution in [3.63, 3.8) is 0 Å². The van der Waals surface area contributed by atoms with Crippen molar-refractivity contribution in [1.29, 1.82) is 0 Å². The number of aliphatic hydroxyl groups is 1. The number of hydrogen-bond acceptors (Lipinski definition) is 4. The number of carboxylic acid groups (broad SMARTS) is 1. The lowest BCUT2D eigenvalue weighted by Crippen LogP contribution is -2.50. The number of imide groups is 1. The Kier molecular flexibility index (Phi) is 5.74. The molecule has 1 saturated heterocycles. The molecule has 0 unspecified atom stereocenters. The first-order chi connectivity index (χ1) is 15.0. The number of nitrogens with zero attached hydrogens (tertiary/aromatic N) is 1. The summed E-state index contributed by atoms with van der Waals surface area (Å²) in [5.41, 5.74) is -1.16. The van der Waals surface area contributed by atoms with E-state index in [1.807, 2.05) is 13.8 Å². The number of halogens is 3. The third-order valence-corrected chi connectivity index (χ3v) is 7.11. The SMILES string of the molecule is CC(C)(CO)C[C@@H]1CN[C@H](c2cccc(Cl)c2F)[C@]12C(=O)N(C(=O)O)c1cc(Cl)ccc12. The molecule has 2 aliphatic rings. The standard InChI is InChI=1S/C23H23Cl2FN2O4/c1-22(2,11-29)9-12-10-27-19(14-4-3-5-16(25)18(14)26)23(12)15-7-6-13(24)8-17(15)28(20(23)30)21(31)32/h3-8,12,19,27,29H,9-11H2,1-2H3,(H,31,32)/t12-,19-,23+/m1/s1. The Hall–Kier alpha value is -2.19. The summed E-state index contributed by atoms with van der Waals surface area (Å²) in [7, 11) is 0. The maximum atomic E-state index is 15.2. The molecule has 0 aromatic heterocycles. The van der Waals surface area contributed by atoms with Crippen molar-refractivity contribution in [2.24, 2.45) is 11.3 Å². The van der Waals surface area contributed by atoms with Gasteiger partial charge in [0.1, 0.15) is 11.2 Å². The third-order valence-electron chi connectivity index (χ3n) is 6.58. The Morgan fingerprint density at radius 3 is 2.69 bits per heavy atom. The Bertz CT molecular complexity index is 1110. The molecule has 9 heteroatoms. The lowest BCUT2D eigenvalue weighted by Gasteiger charge is -2.38. The second-order valence-electron chi connectivity index (χ2n) is 9.16. The molecule has 4 rings (SSSR count). The monoisotopic (exact) mass is 480 g/mol. The third kappa shape index (κ3) is 3.30. The fourth-order valence-electron chi connectivity index (χ4n) is 5.19. The Morgan fingerprint density at radius 2 is 2.03 bits per heavy atom. The van der Waals surface area contributed by atoms with E-state index in [9.17, 15) is 19.8 Å². The molecule has 2 aliphatic heterocycles. The van der Waals surface area contributed by atoms with Crippen LogP contribution in [0.5, 0.6) is 0 Å². The Morgan fingerprint density at radius 1 is 1.31 bits per heavy atom. The molecule has 3 N–H and O–H groups in total. The van der Waals surface area contributed by atoms with Crippen molar-refractivity contribution < 1.29 is 24.2 Å². The minimum Gasteiger partial charge on any atom is -0.464 e. The highest BCUT2D eigenvalue weighted by Crippen LogP contribution is 2.58. The minimum absolute atomic E-state index is 0.0875. The summed E-state index contributed by atoms with van der Waals surface area (Å²) in [5.74, 6) is -1.76. The number of aliphatic hydroxyl groups excluding tert-OH is 1. The van der Waals surface area contributed by atoms with Crippen LogP contribution in [-0.2, 0) is 10.2 Å². The number of carbonyl (C=O) groups is 2. The first-order valence-corrected chi connectivity index (χ1v) is 11.0. The van der Waals surface area contributed by atoms with E-state index in [0.29, 0.717) is 23.4 Å². The van der Waals surface area contributed by atoms with Crippen LogP contribution in [0.15, 0.2) is 36.4 Å². The van der Waals surface area contributed by atoms with Gasteiger partial charge in [-0.3, -0.25) is 4.79 Å². The molecule has 6 nitrogen and oxygen atoms in total. The molecule has 2 amide bonds. The zero-order valence-electron chi connectivity index (χ0n) is 17.5. The van der Waals surface area contributed by atoms with E-state index in [1.165, 1.54) is 12.1 Å². The summed E-state index contributed by atoms with van der Waals surface area (Å²) in [6.07, 6.45) is -1.04. The summed E-state index contributed by atoms with van der Waals surface area (Å²) >= 11 is 12.2. The van der Waals surface area contributed by atoms with Gasteiger partial charge in [0, 0.05) is 23.7 Å². The Balaban J connectivity index is 2.00. The van der Waals surface area contributed by atoms with Gasteiger partial charge in [-0.1, -0.05) is 55.2 Å². The van der Waals surface area contributed by atoms with Gasteiger partial charge in [-0.25, -0.2) is 14.1 Å². The second kappa shape index (κ2) is 7.99. The van der Waals surface area contributed by atoms with Gasteiger partial charge in [-0.15, -0.1) is 0 Å². The van der Waals surface area contributed by atoms with Crippen molar-refractivity contribution in [1.82, 2.24) is 5.32 Å². The van der Waals surface area contributed by atoms with Crippen LogP contribution in [0, 0.1) is 17.2 Å². The van der Waals surface area contributed by atoms with Crippen molar-refractivity contribution >= 4 is 40.9 Å². The van der Waals surface area contributed by atoms with Gasteiger partial charge in [-0.2, -0.15) is 0 Å². The molecule has 2 heterocycles. The van der Waals surface area contributed by atoms with Crippen LogP contribution in [0.1, 0.15) is 37.4 Å². The van der Waals surface area contributed by atoms with Gasteiger partial charge in [0.25, 0.3) is 0 Å². The number of rotatable bonds is 4. The van der Waals surface area contributed by atoms with E-state index < -0.39 is 40.6 Å². The van der Waals surface area contributed by atoms with Gasteiger partial charge >= 0.3 is 6.09 Å². The summed E-state index contributed by atoms with van der Waals surface area (Å²) in [6, 6.07) is 8.37. The maximum absolute atomic E-state index is 15.2. The van der Waals surface area contributed by atoms with Crippen LogP contribution >= 0.6 is 23.2 Å². The highest BCUT2D eigenvalue weighted by Gasteiger charge is 2.65. The number of fused-ring (bicyclic) bond motifs is 2. The smallest absolute Gasteiger partial charge is 0.418 e. The molecule has 2 aromatic carbocycles. The number of benzene rings is 2. The van der Waals surface area contributed by atoms with Crippen LogP contribution in [0.4, 0.5) is 14.9 Å². The van der Waals surface area contributed by atoms with Gasteiger partial charge in [-0.05, 0) is 41.5 Å². The van der Waals surface area contributed by atoms with Crippen molar-refractivity contribution in [3.8, 4) is 0 Å². The first kappa shape index (κ1) is 23.0. The predicted octanol–water partition coefficient (Wildman–Crippen LogP) is 4.76. The molecular weight excluding hydrogens is 458 g/mol. The number of nitrogens with one attached hydrogen (secondary N) is 1. The van der Waals surface area contributed by atoms with E-state index in [1.54, 1.807) is 24.3 Å². The summed E-state index contributed by atoms with van der Waals surface area (Å²) < 4.78 is 15.2. The number of hydrogen-bond donors (Lipinski definition) is 3. The van der Waals surface area contributed by atoms with Crippen molar-refractivity contribution in [2.75, 3.05) is 18.1 Å². The lowest BCUT2D eigenvalue weighted by atomic mass is 9.63. The molecule has 2 aromatic rings. The number of anilines is 1. The zero-order valence-corrected chi connectivity index (χ0v) is 19.0. The summed E-state index contributed by atoms with van der Waals surface area (Å²) in [6.45, 7) is 3.93. The van der Waals surface area contributed by atoms with E-state index in [-0.39, 0.29) is 27.9 Å². The van der Waals surface area contributed by atoms with Crippen LogP contribution in [0.2, 0.25) is 10.0 Å². The van der Waals surface area contributed by atoms with Gasteiger partial charge < -0.3 is 15.5 Å². The fourth-order valence-corrected chi connectivity index (χ4v) is 5.54.